The molecule has 4 nitrogen and oxygen atoms in total. The third kappa shape index (κ3) is 4.79. The van der Waals surface area contributed by atoms with Crippen molar-refractivity contribution in [1.82, 2.24) is 4.31 Å². The molecule has 0 aromatic heterocycles. The largest absolute Gasteiger partial charge is 0.374 e. The Labute approximate surface area is 139 Å². The van der Waals surface area contributed by atoms with Crippen LogP contribution < -0.4 is 4.90 Å². The van der Waals surface area contributed by atoms with E-state index in [1.165, 1.54) is 22.7 Å². The van der Waals surface area contributed by atoms with Gasteiger partial charge in [-0.2, -0.15) is 0 Å². The third-order valence-corrected chi connectivity index (χ3v) is 5.79. The molecule has 0 amide bonds. The van der Waals surface area contributed by atoms with Gasteiger partial charge < -0.3 is 4.90 Å². The molecule has 0 aliphatic carbocycles. The van der Waals surface area contributed by atoms with E-state index in [2.05, 4.69) is 22.6 Å². The fourth-order valence-corrected chi connectivity index (χ4v) is 4.17. The molecule has 0 atom stereocenters. The molecule has 1 saturated heterocycles. The monoisotopic (exact) mass is 426 g/mol. The molecule has 1 aliphatic rings. The molecule has 118 valence electrons. The van der Waals surface area contributed by atoms with Crippen molar-refractivity contribution in [2.45, 2.75) is 12.8 Å². The van der Waals surface area contributed by atoms with E-state index in [0.29, 0.717) is 19.0 Å². The van der Waals surface area contributed by atoms with Crippen LogP contribution in [-0.2, 0) is 10.0 Å². The summed E-state index contributed by atoms with van der Waals surface area (Å²) < 4.78 is 38.8. The summed E-state index contributed by atoms with van der Waals surface area (Å²) >= 11 is 2.11. The van der Waals surface area contributed by atoms with Gasteiger partial charge in [0.2, 0.25) is 10.0 Å². The molecule has 0 saturated carbocycles. The van der Waals surface area contributed by atoms with Gasteiger partial charge in [-0.3, -0.25) is 0 Å². The topological polar surface area (TPSA) is 40.6 Å². The van der Waals surface area contributed by atoms with E-state index in [1.807, 2.05) is 18.0 Å². The van der Waals surface area contributed by atoms with E-state index in [4.69, 9.17) is 0 Å². The van der Waals surface area contributed by atoms with Crippen molar-refractivity contribution in [2.24, 2.45) is 5.92 Å². The Morgan fingerprint density at radius 1 is 1.33 bits per heavy atom. The SMILES string of the molecule is CN(CC1CCN(S(C)(=O)=O)CC1)c1cc(F)cc(I)c1. The minimum atomic E-state index is -3.07. The van der Waals surface area contributed by atoms with Crippen LogP contribution in [0.1, 0.15) is 12.8 Å². The maximum Gasteiger partial charge on any atom is 0.211 e. The summed E-state index contributed by atoms with van der Waals surface area (Å²) in [6.45, 7) is 1.98. The van der Waals surface area contributed by atoms with E-state index in [0.717, 1.165) is 28.6 Å². The van der Waals surface area contributed by atoms with Crippen molar-refractivity contribution in [3.8, 4) is 0 Å². The number of rotatable bonds is 4. The smallest absolute Gasteiger partial charge is 0.211 e. The zero-order chi connectivity index (χ0) is 15.6. The normalized spacial score (nSPS) is 17.9. The first-order valence-electron chi connectivity index (χ1n) is 6.88. The second-order valence-corrected chi connectivity index (χ2v) is 8.84. The predicted molar refractivity (Wildman–Crippen MR) is 91.5 cm³/mol. The Morgan fingerprint density at radius 2 is 1.95 bits per heavy atom. The van der Waals surface area contributed by atoms with Crippen LogP contribution in [0.5, 0.6) is 0 Å². The molecule has 0 spiro atoms. The second kappa shape index (κ2) is 6.78. The van der Waals surface area contributed by atoms with E-state index in [1.54, 1.807) is 0 Å². The zero-order valence-corrected chi connectivity index (χ0v) is 15.2. The highest BCUT2D eigenvalue weighted by Gasteiger charge is 2.25. The molecule has 1 heterocycles. The standard InChI is InChI=1S/C14H20FIN2O2S/c1-17(14-8-12(15)7-13(16)9-14)10-11-3-5-18(6-4-11)21(2,19)20/h7-9,11H,3-6,10H2,1-2H3. The number of hydrogen-bond donors (Lipinski definition) is 0. The molecular weight excluding hydrogens is 406 g/mol. The molecule has 1 aromatic carbocycles. The first-order valence-corrected chi connectivity index (χ1v) is 9.81. The number of nitrogens with zero attached hydrogens (tertiary/aromatic N) is 2. The summed E-state index contributed by atoms with van der Waals surface area (Å²) in [7, 11) is -1.12. The first-order chi connectivity index (χ1) is 9.75. The summed E-state index contributed by atoms with van der Waals surface area (Å²) in [5.41, 5.74) is 0.866. The van der Waals surface area contributed by atoms with E-state index in [9.17, 15) is 12.8 Å². The number of anilines is 1. The number of halogens is 2. The average molecular weight is 426 g/mol. The van der Waals surface area contributed by atoms with Crippen LogP contribution in [0, 0.1) is 15.3 Å². The first kappa shape index (κ1) is 17.0. The van der Waals surface area contributed by atoms with Gasteiger partial charge in [0.25, 0.3) is 0 Å². The van der Waals surface area contributed by atoms with Crippen LogP contribution in [0.25, 0.3) is 0 Å². The van der Waals surface area contributed by atoms with Crippen LogP contribution in [0.15, 0.2) is 18.2 Å². The molecule has 21 heavy (non-hydrogen) atoms. The highest BCUT2D eigenvalue weighted by molar-refractivity contribution is 14.1. The van der Waals surface area contributed by atoms with Crippen LogP contribution in [-0.4, -0.2) is 45.7 Å². The summed E-state index contributed by atoms with van der Waals surface area (Å²) in [5.74, 6) is 0.213. The van der Waals surface area contributed by atoms with E-state index < -0.39 is 10.0 Å². The van der Waals surface area contributed by atoms with Gasteiger partial charge in [0, 0.05) is 35.9 Å². The summed E-state index contributed by atoms with van der Waals surface area (Å²) in [4.78, 5) is 2.05. The lowest BCUT2D eigenvalue weighted by Crippen LogP contribution is -2.40. The van der Waals surface area contributed by atoms with Crippen molar-refractivity contribution in [2.75, 3.05) is 37.8 Å². The Morgan fingerprint density at radius 3 is 2.48 bits per heavy atom. The Balaban J connectivity index is 1.94. The molecule has 0 bridgehead atoms. The van der Waals surface area contributed by atoms with Gasteiger partial charge in [-0.15, -0.1) is 0 Å². The summed E-state index contributed by atoms with van der Waals surface area (Å²) in [6.07, 6.45) is 2.96. The van der Waals surface area contributed by atoms with Crippen LogP contribution >= 0.6 is 22.6 Å². The molecule has 0 unspecified atom stereocenters. The van der Waals surface area contributed by atoms with Crippen LogP contribution in [0.3, 0.4) is 0 Å². The number of sulfonamides is 1. The van der Waals surface area contributed by atoms with Crippen molar-refractivity contribution >= 4 is 38.3 Å². The fraction of sp³-hybridized carbons (Fsp3) is 0.571. The van der Waals surface area contributed by atoms with Crippen LogP contribution in [0.4, 0.5) is 10.1 Å². The molecule has 1 aromatic rings. The zero-order valence-electron chi connectivity index (χ0n) is 12.2. The number of piperidine rings is 1. The molecule has 0 radical (unpaired) electrons. The van der Waals surface area contributed by atoms with Gasteiger partial charge in [0.1, 0.15) is 5.82 Å². The van der Waals surface area contributed by atoms with Crippen molar-refractivity contribution in [1.29, 1.82) is 0 Å². The van der Waals surface area contributed by atoms with Crippen molar-refractivity contribution in [3.63, 3.8) is 0 Å². The van der Waals surface area contributed by atoms with Gasteiger partial charge in [0.05, 0.1) is 6.26 Å². The Hall–Kier alpha value is -0.410. The Bertz CT molecular complexity index is 581. The molecule has 1 aliphatic heterocycles. The average Bonchev–Trinajstić information content (AvgIpc) is 2.37. The minimum absolute atomic E-state index is 0.226. The van der Waals surface area contributed by atoms with Crippen molar-refractivity contribution < 1.29 is 12.8 Å². The quantitative estimate of drug-likeness (QED) is 0.695. The van der Waals surface area contributed by atoms with E-state index >= 15 is 0 Å². The molecule has 1 fully saturated rings. The minimum Gasteiger partial charge on any atom is -0.374 e. The predicted octanol–water partition coefficient (Wildman–Crippen LogP) is 2.54. The lowest BCUT2D eigenvalue weighted by atomic mass is 9.97. The second-order valence-electron chi connectivity index (χ2n) is 5.61. The highest BCUT2D eigenvalue weighted by Crippen LogP contribution is 2.24. The third-order valence-electron chi connectivity index (χ3n) is 3.86. The van der Waals surface area contributed by atoms with Gasteiger partial charge >= 0.3 is 0 Å². The van der Waals surface area contributed by atoms with Crippen molar-refractivity contribution in [3.05, 3.63) is 27.6 Å². The summed E-state index contributed by atoms with van der Waals surface area (Å²) in [6, 6.07) is 4.99. The molecule has 2 rings (SSSR count). The number of benzene rings is 1. The van der Waals surface area contributed by atoms with Gasteiger partial charge in [0.15, 0.2) is 0 Å². The molecule has 0 N–H and O–H groups in total. The maximum absolute atomic E-state index is 13.4. The van der Waals surface area contributed by atoms with Gasteiger partial charge in [-0.25, -0.2) is 17.1 Å². The van der Waals surface area contributed by atoms with Gasteiger partial charge in [-0.05, 0) is 59.5 Å². The lowest BCUT2D eigenvalue weighted by Gasteiger charge is -2.33. The van der Waals surface area contributed by atoms with E-state index in [-0.39, 0.29) is 5.82 Å². The highest BCUT2D eigenvalue weighted by atomic mass is 127. The molecule has 7 heteroatoms. The van der Waals surface area contributed by atoms with Gasteiger partial charge in [-0.1, -0.05) is 0 Å². The lowest BCUT2D eigenvalue weighted by molar-refractivity contribution is 0.278. The van der Waals surface area contributed by atoms with Crippen LogP contribution in [0.2, 0.25) is 0 Å². The fourth-order valence-electron chi connectivity index (χ4n) is 2.68. The Kier molecular flexibility index (Phi) is 5.48. The molecular formula is C14H20FIN2O2S. The maximum atomic E-state index is 13.4. The number of hydrogen-bond acceptors (Lipinski definition) is 3. The summed E-state index contributed by atoms with van der Waals surface area (Å²) in [5, 5.41) is 0.